The molecule has 2 fully saturated rings. The first-order chi connectivity index (χ1) is 32.8. The van der Waals surface area contributed by atoms with Crippen LogP contribution in [0.15, 0.2) is 136 Å². The van der Waals surface area contributed by atoms with Crippen LogP contribution in [0.5, 0.6) is 0 Å². The van der Waals surface area contributed by atoms with Gasteiger partial charge in [-0.05, 0) is 127 Å². The number of halogens is 4. The number of rotatable bonds is 20. The van der Waals surface area contributed by atoms with E-state index < -0.39 is 60.4 Å². The smallest absolute Gasteiger partial charge is 0.379 e. The molecular weight excluding hydrogens is 996 g/mol. The predicted octanol–water partition coefficient (Wildman–Crippen LogP) is 10.4. The highest BCUT2D eigenvalue weighted by molar-refractivity contribution is 7.99. The lowest BCUT2D eigenvalue weighted by atomic mass is 9.84. The topological polar surface area (TPSA) is 157 Å². The fourth-order valence-corrected chi connectivity index (χ4v) is 12.8. The number of piperidine rings is 1. The van der Waals surface area contributed by atoms with Crippen LogP contribution < -0.4 is 4.90 Å². The van der Waals surface area contributed by atoms with Crippen LogP contribution >= 0.6 is 31.2 Å². The van der Waals surface area contributed by atoms with Gasteiger partial charge in [0.15, 0.2) is 15.6 Å². The van der Waals surface area contributed by atoms with Crippen molar-refractivity contribution in [2.45, 2.75) is 52.0 Å². The number of phosphoric acid groups is 1. The second-order valence-corrected chi connectivity index (χ2v) is 23.9. The maximum atomic E-state index is 14.3. The van der Waals surface area contributed by atoms with Crippen LogP contribution in [0.3, 0.4) is 0 Å². The van der Waals surface area contributed by atoms with Gasteiger partial charge in [-0.25, -0.2) is 21.4 Å². The maximum Gasteiger partial charge on any atom is 0.501 e. The zero-order chi connectivity index (χ0) is 49.4. The van der Waals surface area contributed by atoms with Gasteiger partial charge < -0.3 is 14.5 Å². The molecule has 0 radical (unpaired) electrons. The average Bonchev–Trinajstić information content (AvgIpc) is 3.34. The number of ether oxygens (including phenoxy) is 1. The van der Waals surface area contributed by atoms with Gasteiger partial charge in [-0.3, -0.25) is 18.7 Å². The minimum Gasteiger partial charge on any atom is -0.379 e. The third kappa shape index (κ3) is 13.7. The number of Topliss-reactive ketones (excluding diaryl/α,β-unsaturated/α-hetero) is 1. The van der Waals surface area contributed by atoms with Gasteiger partial charge in [-0.2, -0.15) is 13.2 Å². The molecule has 0 aromatic heterocycles. The van der Waals surface area contributed by atoms with E-state index in [1.54, 1.807) is 24.3 Å². The summed E-state index contributed by atoms with van der Waals surface area (Å²) in [7, 11) is -14.0. The Balaban J connectivity index is 1.05. The lowest BCUT2D eigenvalue weighted by Crippen LogP contribution is -2.37. The molecule has 0 amide bonds. The van der Waals surface area contributed by atoms with E-state index in [4.69, 9.17) is 25.4 Å². The monoisotopic (exact) mass is 1050 g/mol. The normalized spacial score (nSPS) is 17.3. The molecule has 0 spiro atoms. The standard InChI is InChI=1S/C49H53ClF3N2O10PS3/c1-63-66(57,58)65-48(45-10-6-5-9-44(45)36-11-16-40(50)17-12-36)38-22-25-55(26-23-38)41-18-13-37(14-19-41)46(56)34-68(59,60)43-20-15-39(47(32-43)69(61,62)49(51,52)53)31-35(21-24-54-27-29-64-30-28-54)33-67-42-7-3-2-4-8-42/h2-20,32,35,38,48H,21-31,33-34H2,1H3,(H,57,58)/t35-,48+/m0/s1. The number of carbonyl (C=O) groups is 1. The Bertz CT molecular complexity index is 2810. The van der Waals surface area contributed by atoms with Crippen molar-refractivity contribution in [3.8, 4) is 11.1 Å². The molecule has 5 aromatic carbocycles. The summed E-state index contributed by atoms with van der Waals surface area (Å²) >= 11 is 7.64. The minimum absolute atomic E-state index is 0.0292. The van der Waals surface area contributed by atoms with E-state index in [0.717, 1.165) is 41.0 Å². The molecule has 0 aliphatic carbocycles. The third-order valence-electron chi connectivity index (χ3n) is 12.4. The highest BCUT2D eigenvalue weighted by Gasteiger charge is 2.48. The van der Waals surface area contributed by atoms with Crippen LogP contribution in [0, 0.1) is 11.8 Å². The van der Waals surface area contributed by atoms with E-state index in [1.165, 1.54) is 23.9 Å². The first-order valence-corrected chi connectivity index (χ1v) is 28.3. The summed E-state index contributed by atoms with van der Waals surface area (Å²) < 4.78 is 126. The number of hydrogen-bond acceptors (Lipinski definition) is 12. The van der Waals surface area contributed by atoms with Crippen LogP contribution in [0.25, 0.3) is 11.1 Å². The summed E-state index contributed by atoms with van der Waals surface area (Å²) in [4.78, 5) is 27.3. The van der Waals surface area contributed by atoms with Crippen molar-refractivity contribution in [1.29, 1.82) is 0 Å². The summed E-state index contributed by atoms with van der Waals surface area (Å²) in [5.74, 6) is -1.98. The predicted molar refractivity (Wildman–Crippen MR) is 261 cm³/mol. The zero-order valence-electron chi connectivity index (χ0n) is 37.7. The first kappa shape index (κ1) is 52.7. The number of nitrogens with zero attached hydrogens (tertiary/aromatic N) is 2. The summed E-state index contributed by atoms with van der Waals surface area (Å²) in [5.41, 5.74) is -2.78. The number of anilines is 1. The van der Waals surface area contributed by atoms with Crippen LogP contribution in [-0.4, -0.2) is 102 Å². The zero-order valence-corrected chi connectivity index (χ0v) is 41.8. The van der Waals surface area contributed by atoms with Crippen molar-refractivity contribution < 1.29 is 58.0 Å². The molecule has 1 N–H and O–H groups in total. The highest BCUT2D eigenvalue weighted by atomic mass is 35.5. The SMILES string of the molecule is COP(=O)(O)O[C@@H](c1ccccc1-c1ccc(Cl)cc1)C1CCN(c2ccc(C(=O)CS(=O)(=O)c3ccc(C[C@H](CCN4CCOCC4)CSc4ccccc4)c(S(=O)(=O)C(F)(F)F)c3)cc2)CC1. The number of hydrogen-bond donors (Lipinski definition) is 1. The number of morpholine rings is 1. The molecule has 69 heavy (non-hydrogen) atoms. The van der Waals surface area contributed by atoms with Crippen molar-refractivity contribution in [3.05, 3.63) is 143 Å². The molecule has 2 aliphatic rings. The molecule has 5 aromatic rings. The van der Waals surface area contributed by atoms with E-state index >= 15 is 0 Å². The van der Waals surface area contributed by atoms with Gasteiger partial charge in [0, 0.05) is 60.2 Å². The number of thioether (sulfide) groups is 1. The molecule has 1 unspecified atom stereocenters. The molecule has 0 saturated carbocycles. The van der Waals surface area contributed by atoms with Crippen molar-refractivity contribution in [3.63, 3.8) is 0 Å². The number of alkyl halides is 3. The second-order valence-electron chi connectivity index (χ2n) is 17.0. The molecule has 12 nitrogen and oxygen atoms in total. The Labute approximate surface area is 410 Å². The first-order valence-electron chi connectivity index (χ1n) is 22.3. The quantitative estimate of drug-likeness (QED) is 0.0447. The molecule has 7 rings (SSSR count). The van der Waals surface area contributed by atoms with Gasteiger partial charge >= 0.3 is 13.3 Å². The van der Waals surface area contributed by atoms with Crippen LogP contribution in [0.4, 0.5) is 18.9 Å². The lowest BCUT2D eigenvalue weighted by molar-refractivity contribution is -0.0436. The fourth-order valence-electron chi connectivity index (χ4n) is 8.63. The van der Waals surface area contributed by atoms with Gasteiger partial charge in [-0.1, -0.05) is 72.3 Å². The third-order valence-corrected chi connectivity index (χ3v) is 18.1. The fraction of sp³-hybridized carbons (Fsp3) is 0.367. The molecule has 2 aliphatic heterocycles. The molecule has 3 atom stereocenters. The van der Waals surface area contributed by atoms with Gasteiger partial charge in [-0.15, -0.1) is 11.8 Å². The highest BCUT2D eigenvalue weighted by Crippen LogP contribution is 2.52. The summed E-state index contributed by atoms with van der Waals surface area (Å²) in [6.45, 7) is 4.10. The summed E-state index contributed by atoms with van der Waals surface area (Å²) in [6.07, 6.45) is 0.730. The van der Waals surface area contributed by atoms with Gasteiger partial charge in [0.25, 0.3) is 9.84 Å². The Morgan fingerprint density at radius 1 is 0.884 bits per heavy atom. The van der Waals surface area contributed by atoms with Crippen LogP contribution in [-0.2, 0) is 44.4 Å². The molecule has 2 saturated heterocycles. The van der Waals surface area contributed by atoms with Crippen LogP contribution in [0.2, 0.25) is 5.02 Å². The lowest BCUT2D eigenvalue weighted by Gasteiger charge is -2.38. The van der Waals surface area contributed by atoms with E-state index in [1.807, 2.05) is 66.7 Å². The van der Waals surface area contributed by atoms with E-state index in [-0.39, 0.29) is 29.4 Å². The molecule has 0 bridgehead atoms. The second kappa shape index (κ2) is 23.0. The van der Waals surface area contributed by atoms with E-state index in [9.17, 15) is 44.3 Å². The number of phosphoric ester groups is 1. The number of carbonyl (C=O) groups excluding carboxylic acids is 1. The average molecular weight is 1050 g/mol. The van der Waals surface area contributed by atoms with Gasteiger partial charge in [0.1, 0.15) is 5.75 Å². The van der Waals surface area contributed by atoms with E-state index in [0.29, 0.717) is 87.6 Å². The van der Waals surface area contributed by atoms with Crippen molar-refractivity contribution in [1.82, 2.24) is 4.90 Å². The summed E-state index contributed by atoms with van der Waals surface area (Å²) in [5, 5.41) is 0.560. The molecule has 370 valence electrons. The van der Waals surface area contributed by atoms with Gasteiger partial charge in [0.05, 0.1) is 29.1 Å². The van der Waals surface area contributed by atoms with Crippen molar-refractivity contribution >= 4 is 62.3 Å². The molecule has 2 heterocycles. The Hall–Kier alpha value is -4.07. The van der Waals surface area contributed by atoms with Crippen molar-refractivity contribution in [2.75, 3.05) is 69.5 Å². The van der Waals surface area contributed by atoms with Gasteiger partial charge in [0.2, 0.25) is 0 Å². The maximum absolute atomic E-state index is 14.3. The van der Waals surface area contributed by atoms with E-state index in [2.05, 4.69) is 9.80 Å². The Morgan fingerprint density at radius 2 is 1.54 bits per heavy atom. The number of benzene rings is 5. The number of ketones is 1. The van der Waals surface area contributed by atoms with Crippen molar-refractivity contribution in [2.24, 2.45) is 11.8 Å². The Kier molecular flexibility index (Phi) is 17.6. The number of sulfone groups is 2. The minimum atomic E-state index is -6.01. The Morgan fingerprint density at radius 3 is 2.19 bits per heavy atom. The summed E-state index contributed by atoms with van der Waals surface area (Å²) in [6, 6.07) is 33.1. The molecule has 20 heteroatoms. The largest absolute Gasteiger partial charge is 0.501 e. The molecular formula is C49H53ClF3N2O10PS3. The van der Waals surface area contributed by atoms with Crippen LogP contribution in [0.1, 0.15) is 46.9 Å².